The van der Waals surface area contributed by atoms with Crippen molar-refractivity contribution in [2.75, 3.05) is 11.1 Å². The number of nitrogens with zero attached hydrogens (tertiary/aromatic N) is 2. The number of fused-ring (bicyclic) bond motifs is 1. The predicted molar refractivity (Wildman–Crippen MR) is 88.7 cm³/mol. The number of nitrogens with two attached hydrogens (primary N) is 1. The van der Waals surface area contributed by atoms with Crippen molar-refractivity contribution in [2.24, 2.45) is 0 Å². The van der Waals surface area contributed by atoms with E-state index in [1.165, 1.54) is 0 Å². The van der Waals surface area contributed by atoms with E-state index < -0.39 is 0 Å². The minimum Gasteiger partial charge on any atom is -0.369 e. The summed E-state index contributed by atoms with van der Waals surface area (Å²) in [7, 11) is 0. The van der Waals surface area contributed by atoms with E-state index in [4.69, 9.17) is 5.73 Å². The summed E-state index contributed by atoms with van der Waals surface area (Å²) in [6.07, 6.45) is 0. The van der Waals surface area contributed by atoms with Gasteiger partial charge in [0.05, 0.1) is 11.0 Å². The van der Waals surface area contributed by atoms with Crippen LogP contribution < -0.4 is 11.1 Å². The molecule has 0 saturated carbocycles. The van der Waals surface area contributed by atoms with E-state index in [1.54, 1.807) is 4.57 Å². The number of nitrogen functional groups attached to an aromatic ring is 1. The van der Waals surface area contributed by atoms with Crippen LogP contribution in [-0.4, -0.2) is 15.5 Å². The monoisotopic (exact) mass is 294 g/mol. The molecular weight excluding hydrogens is 276 g/mol. The van der Waals surface area contributed by atoms with Crippen LogP contribution in [0.25, 0.3) is 11.0 Å². The van der Waals surface area contributed by atoms with Crippen LogP contribution in [0.5, 0.6) is 0 Å². The Morgan fingerprint density at radius 3 is 2.82 bits per heavy atom. The van der Waals surface area contributed by atoms with Crippen LogP contribution in [-0.2, 0) is 11.3 Å². The van der Waals surface area contributed by atoms with Crippen molar-refractivity contribution in [1.82, 2.24) is 9.55 Å². The van der Waals surface area contributed by atoms with Gasteiger partial charge in [0.25, 0.3) is 0 Å². The standard InChI is InChI=1S/C17H18N4O/c1-11-7-8-12(2)14(9-11)19-16(22)10-21-15-6-4-3-5-13(15)20-17(21)18/h3-9H,10H2,1-2H3,(H2,18,20)(H,19,22). The lowest BCUT2D eigenvalue weighted by Crippen LogP contribution is -2.20. The molecule has 22 heavy (non-hydrogen) atoms. The molecule has 3 rings (SSSR count). The van der Waals surface area contributed by atoms with E-state index in [-0.39, 0.29) is 12.5 Å². The highest BCUT2D eigenvalue weighted by Crippen LogP contribution is 2.19. The molecule has 0 aliphatic carbocycles. The van der Waals surface area contributed by atoms with Gasteiger partial charge in [-0.2, -0.15) is 0 Å². The fourth-order valence-corrected chi connectivity index (χ4v) is 2.46. The quantitative estimate of drug-likeness (QED) is 0.780. The Hall–Kier alpha value is -2.82. The summed E-state index contributed by atoms with van der Waals surface area (Å²) < 4.78 is 1.72. The maximum Gasteiger partial charge on any atom is 0.244 e. The number of benzene rings is 2. The van der Waals surface area contributed by atoms with E-state index >= 15 is 0 Å². The number of aromatic nitrogens is 2. The topological polar surface area (TPSA) is 72.9 Å². The van der Waals surface area contributed by atoms with Crippen molar-refractivity contribution >= 4 is 28.6 Å². The largest absolute Gasteiger partial charge is 0.369 e. The molecule has 0 fully saturated rings. The second kappa shape index (κ2) is 5.52. The zero-order valence-electron chi connectivity index (χ0n) is 12.6. The summed E-state index contributed by atoms with van der Waals surface area (Å²) in [4.78, 5) is 16.6. The number of rotatable bonds is 3. The molecule has 2 aromatic carbocycles. The van der Waals surface area contributed by atoms with Crippen LogP contribution in [0.3, 0.4) is 0 Å². The molecule has 0 aliphatic rings. The van der Waals surface area contributed by atoms with Gasteiger partial charge < -0.3 is 15.6 Å². The van der Waals surface area contributed by atoms with Gasteiger partial charge in [0.2, 0.25) is 11.9 Å². The molecule has 0 atom stereocenters. The molecular formula is C17H18N4O. The molecule has 5 nitrogen and oxygen atoms in total. The number of anilines is 2. The fourth-order valence-electron chi connectivity index (χ4n) is 2.46. The number of amides is 1. The molecule has 1 amide bonds. The normalized spacial score (nSPS) is 10.8. The zero-order valence-corrected chi connectivity index (χ0v) is 12.6. The number of para-hydroxylation sites is 2. The highest BCUT2D eigenvalue weighted by molar-refractivity contribution is 5.93. The molecule has 0 unspecified atom stereocenters. The molecule has 3 N–H and O–H groups in total. The lowest BCUT2D eigenvalue weighted by Gasteiger charge is -2.11. The maximum absolute atomic E-state index is 12.3. The third kappa shape index (κ3) is 2.65. The first kappa shape index (κ1) is 14.1. The Labute approximate surface area is 128 Å². The maximum atomic E-state index is 12.3. The summed E-state index contributed by atoms with van der Waals surface area (Å²) in [5, 5.41) is 2.94. The zero-order chi connectivity index (χ0) is 15.7. The van der Waals surface area contributed by atoms with Crippen molar-refractivity contribution in [3.63, 3.8) is 0 Å². The summed E-state index contributed by atoms with van der Waals surface area (Å²) in [5.41, 5.74) is 10.5. The fraction of sp³-hybridized carbons (Fsp3) is 0.176. The van der Waals surface area contributed by atoms with Gasteiger partial charge in [0.15, 0.2) is 0 Å². The average Bonchev–Trinajstić information content (AvgIpc) is 2.79. The van der Waals surface area contributed by atoms with Crippen LogP contribution >= 0.6 is 0 Å². The van der Waals surface area contributed by atoms with Crippen LogP contribution in [0.15, 0.2) is 42.5 Å². The van der Waals surface area contributed by atoms with E-state index in [1.807, 2.05) is 56.3 Å². The second-order valence-electron chi connectivity index (χ2n) is 5.41. The lowest BCUT2D eigenvalue weighted by atomic mass is 10.1. The van der Waals surface area contributed by atoms with Crippen LogP contribution in [0.2, 0.25) is 0 Å². The Morgan fingerprint density at radius 1 is 1.23 bits per heavy atom. The minimum atomic E-state index is -0.122. The third-order valence-electron chi connectivity index (χ3n) is 3.65. The molecule has 0 aliphatic heterocycles. The van der Waals surface area contributed by atoms with Gasteiger partial charge in [-0.25, -0.2) is 4.98 Å². The molecule has 0 spiro atoms. The van der Waals surface area contributed by atoms with Crippen molar-refractivity contribution in [3.8, 4) is 0 Å². The summed E-state index contributed by atoms with van der Waals surface area (Å²) in [6, 6.07) is 13.6. The Kier molecular flexibility index (Phi) is 3.55. The number of hydrogen-bond donors (Lipinski definition) is 2. The van der Waals surface area contributed by atoms with E-state index in [0.29, 0.717) is 5.95 Å². The van der Waals surface area contributed by atoms with E-state index in [9.17, 15) is 4.79 Å². The van der Waals surface area contributed by atoms with Crippen LogP contribution in [0.1, 0.15) is 11.1 Å². The first-order chi connectivity index (χ1) is 10.5. The Balaban J connectivity index is 1.84. The summed E-state index contributed by atoms with van der Waals surface area (Å²) in [5.74, 6) is 0.223. The molecule has 0 bridgehead atoms. The molecule has 112 valence electrons. The molecule has 0 radical (unpaired) electrons. The van der Waals surface area contributed by atoms with Crippen molar-refractivity contribution in [3.05, 3.63) is 53.6 Å². The second-order valence-corrected chi connectivity index (χ2v) is 5.41. The van der Waals surface area contributed by atoms with Gasteiger partial charge >= 0.3 is 0 Å². The number of carbonyl (C=O) groups is 1. The molecule has 0 saturated heterocycles. The Morgan fingerprint density at radius 2 is 2.00 bits per heavy atom. The molecule has 1 heterocycles. The number of hydrogen-bond acceptors (Lipinski definition) is 3. The highest BCUT2D eigenvalue weighted by atomic mass is 16.1. The minimum absolute atomic E-state index is 0.122. The SMILES string of the molecule is Cc1ccc(C)c(NC(=O)Cn2c(N)nc3ccccc32)c1. The third-order valence-corrected chi connectivity index (χ3v) is 3.65. The Bertz CT molecular complexity index is 851. The predicted octanol–water partition coefficient (Wildman–Crippen LogP) is 2.87. The molecule has 3 aromatic rings. The van der Waals surface area contributed by atoms with E-state index in [2.05, 4.69) is 10.3 Å². The molecule has 5 heteroatoms. The van der Waals surface area contributed by atoms with Gasteiger partial charge in [-0.1, -0.05) is 24.3 Å². The van der Waals surface area contributed by atoms with Crippen molar-refractivity contribution in [2.45, 2.75) is 20.4 Å². The average molecular weight is 294 g/mol. The summed E-state index contributed by atoms with van der Waals surface area (Å²) >= 11 is 0. The van der Waals surface area contributed by atoms with Crippen LogP contribution in [0.4, 0.5) is 11.6 Å². The first-order valence-electron chi connectivity index (χ1n) is 7.12. The van der Waals surface area contributed by atoms with E-state index in [0.717, 1.165) is 27.8 Å². The lowest BCUT2D eigenvalue weighted by molar-refractivity contribution is -0.116. The van der Waals surface area contributed by atoms with Gasteiger partial charge in [0.1, 0.15) is 6.54 Å². The summed E-state index contributed by atoms with van der Waals surface area (Å²) in [6.45, 7) is 4.10. The first-order valence-corrected chi connectivity index (χ1v) is 7.12. The van der Waals surface area contributed by atoms with Crippen molar-refractivity contribution < 1.29 is 4.79 Å². The van der Waals surface area contributed by atoms with Gasteiger partial charge in [-0.05, 0) is 43.2 Å². The van der Waals surface area contributed by atoms with Gasteiger partial charge in [-0.15, -0.1) is 0 Å². The number of carbonyl (C=O) groups excluding carboxylic acids is 1. The van der Waals surface area contributed by atoms with Gasteiger partial charge in [0, 0.05) is 5.69 Å². The van der Waals surface area contributed by atoms with Gasteiger partial charge in [-0.3, -0.25) is 4.79 Å². The van der Waals surface area contributed by atoms with Crippen molar-refractivity contribution in [1.29, 1.82) is 0 Å². The number of aryl methyl sites for hydroxylation is 2. The highest BCUT2D eigenvalue weighted by Gasteiger charge is 2.12. The number of nitrogens with one attached hydrogen (secondary N) is 1. The van der Waals surface area contributed by atoms with Crippen LogP contribution in [0, 0.1) is 13.8 Å². The number of imidazole rings is 1. The smallest absolute Gasteiger partial charge is 0.244 e. The molecule has 1 aromatic heterocycles.